The molecule has 2 aromatic rings. The monoisotopic (exact) mass is 482 g/mol. The molecular weight excluding hydrogens is 460 g/mol. The molecule has 0 bridgehead atoms. The Bertz CT molecular complexity index is 1120. The van der Waals surface area contributed by atoms with E-state index in [1.807, 2.05) is 0 Å². The molecule has 11 heteroatoms. The first-order chi connectivity index (χ1) is 15.9. The highest BCUT2D eigenvalue weighted by molar-refractivity contribution is 6.04. The molecule has 0 aliphatic carbocycles. The highest BCUT2D eigenvalue weighted by Crippen LogP contribution is 2.34. The number of amides is 2. The second-order valence-corrected chi connectivity index (χ2v) is 7.76. The quantitative estimate of drug-likeness (QED) is 0.518. The van der Waals surface area contributed by atoms with E-state index in [9.17, 15) is 31.9 Å². The number of aryl methyl sites for hydroxylation is 2. The van der Waals surface area contributed by atoms with E-state index < -0.39 is 47.5 Å². The van der Waals surface area contributed by atoms with Crippen LogP contribution in [-0.2, 0) is 30.0 Å². The lowest BCUT2D eigenvalue weighted by Crippen LogP contribution is -2.56. The van der Waals surface area contributed by atoms with Gasteiger partial charge in [0.25, 0.3) is 11.8 Å². The summed E-state index contributed by atoms with van der Waals surface area (Å²) in [5, 5.41) is 2.39. The van der Waals surface area contributed by atoms with Crippen molar-refractivity contribution in [2.24, 2.45) is 0 Å². The minimum atomic E-state index is -4.55. The fourth-order valence-corrected chi connectivity index (χ4v) is 3.53. The molecule has 1 heterocycles. The number of carbonyl (C=O) groups excluding carboxylic acids is 3. The lowest BCUT2D eigenvalue weighted by Gasteiger charge is -2.35. The normalized spacial score (nSPS) is 17.3. The molecule has 1 aliphatic heterocycles. The topological polar surface area (TPSA) is 84.9 Å². The third-order valence-electron chi connectivity index (χ3n) is 5.21. The number of ether oxygens (including phenoxy) is 2. The third-order valence-corrected chi connectivity index (χ3v) is 5.21. The van der Waals surface area contributed by atoms with Gasteiger partial charge in [-0.05, 0) is 55.3 Å². The van der Waals surface area contributed by atoms with Crippen LogP contribution < -0.4 is 10.2 Å². The zero-order valence-corrected chi connectivity index (χ0v) is 18.5. The summed E-state index contributed by atoms with van der Waals surface area (Å²) in [6, 6.07) is 7.15. The van der Waals surface area contributed by atoms with Crippen molar-refractivity contribution in [1.29, 1.82) is 0 Å². The molecule has 2 unspecified atom stereocenters. The van der Waals surface area contributed by atoms with Gasteiger partial charge >= 0.3 is 12.1 Å². The molecule has 34 heavy (non-hydrogen) atoms. The van der Waals surface area contributed by atoms with Gasteiger partial charge in [-0.1, -0.05) is 6.07 Å². The first kappa shape index (κ1) is 25.2. The van der Waals surface area contributed by atoms with Crippen molar-refractivity contribution in [1.82, 2.24) is 0 Å². The number of rotatable bonds is 5. The zero-order valence-electron chi connectivity index (χ0n) is 18.5. The Labute approximate surface area is 192 Å². The molecular formula is C23H22F4N2O5. The van der Waals surface area contributed by atoms with Crippen molar-refractivity contribution < 1.29 is 41.4 Å². The van der Waals surface area contributed by atoms with Crippen LogP contribution in [0.1, 0.15) is 23.6 Å². The highest BCUT2D eigenvalue weighted by atomic mass is 19.4. The van der Waals surface area contributed by atoms with Crippen LogP contribution in [0.15, 0.2) is 36.4 Å². The molecule has 3 rings (SSSR count). The number of esters is 1. The van der Waals surface area contributed by atoms with E-state index in [4.69, 9.17) is 9.47 Å². The fourth-order valence-electron chi connectivity index (χ4n) is 3.53. The summed E-state index contributed by atoms with van der Waals surface area (Å²) >= 11 is 0. The van der Waals surface area contributed by atoms with E-state index in [1.165, 1.54) is 32.0 Å². The zero-order chi connectivity index (χ0) is 25.2. The van der Waals surface area contributed by atoms with E-state index in [-0.39, 0.29) is 30.1 Å². The number of morpholine rings is 1. The molecule has 1 aliphatic rings. The molecule has 2 aromatic carbocycles. The number of carbonyl (C=O) groups is 3. The summed E-state index contributed by atoms with van der Waals surface area (Å²) in [5.41, 5.74) is -0.328. The molecule has 1 N–H and O–H groups in total. The maximum absolute atomic E-state index is 13.8. The lowest BCUT2D eigenvalue weighted by atomic mass is 10.0. The summed E-state index contributed by atoms with van der Waals surface area (Å²) in [6.45, 7) is 3.79. The number of nitrogens with one attached hydrogen (secondary N) is 1. The second kappa shape index (κ2) is 9.80. The van der Waals surface area contributed by atoms with Gasteiger partial charge in [-0.15, -0.1) is 0 Å². The number of benzene rings is 2. The second-order valence-electron chi connectivity index (χ2n) is 7.76. The number of halogens is 4. The van der Waals surface area contributed by atoms with Crippen LogP contribution in [0.3, 0.4) is 0 Å². The van der Waals surface area contributed by atoms with Gasteiger partial charge in [0.1, 0.15) is 5.82 Å². The number of hydrogen-bond acceptors (Lipinski definition) is 5. The van der Waals surface area contributed by atoms with Crippen molar-refractivity contribution >= 4 is 29.2 Å². The van der Waals surface area contributed by atoms with Crippen molar-refractivity contribution in [3.05, 3.63) is 58.9 Å². The smallest absolute Gasteiger partial charge is 0.416 e. The maximum Gasteiger partial charge on any atom is 0.416 e. The molecule has 0 saturated carbocycles. The minimum Gasteiger partial charge on any atom is -0.449 e. The Balaban J connectivity index is 1.86. The molecule has 0 aromatic heterocycles. The van der Waals surface area contributed by atoms with Gasteiger partial charge in [-0.25, -0.2) is 4.39 Å². The van der Waals surface area contributed by atoms with Crippen LogP contribution in [-0.4, -0.2) is 43.1 Å². The van der Waals surface area contributed by atoms with Crippen LogP contribution in [0, 0.1) is 19.7 Å². The van der Waals surface area contributed by atoms with Crippen molar-refractivity contribution in [2.45, 2.75) is 39.2 Å². The summed E-state index contributed by atoms with van der Waals surface area (Å²) < 4.78 is 63.6. The molecule has 1 fully saturated rings. The number of nitrogens with zero attached hydrogens (tertiary/aromatic N) is 1. The number of anilines is 2. The predicted molar refractivity (Wildman–Crippen MR) is 114 cm³/mol. The SMILES string of the molecule is CC(=O)OC(C(=O)Nc1ccc(C)c(F)c1)C1OCCN(c2ccc(C(F)(F)F)c(C)c2)C1=O. The lowest BCUT2D eigenvalue weighted by molar-refractivity contribution is -0.167. The summed E-state index contributed by atoms with van der Waals surface area (Å²) in [4.78, 5) is 38.8. The minimum absolute atomic E-state index is 0.0116. The van der Waals surface area contributed by atoms with Gasteiger partial charge in [-0.3, -0.25) is 14.4 Å². The van der Waals surface area contributed by atoms with E-state index in [1.54, 1.807) is 0 Å². The molecule has 0 spiro atoms. The maximum atomic E-state index is 13.8. The standard InChI is InChI=1S/C23H22F4N2O5/c1-12-4-5-15(11-18(12)24)28-21(31)19(34-14(3)30)20-22(32)29(8-9-33-20)16-6-7-17(13(2)10-16)23(25,26)27/h4-7,10-11,19-20H,8-9H2,1-3H3,(H,28,31). The van der Waals surface area contributed by atoms with Gasteiger partial charge < -0.3 is 19.7 Å². The molecule has 0 radical (unpaired) electrons. The summed E-state index contributed by atoms with van der Waals surface area (Å²) in [6.07, 6.45) is -7.82. The Morgan fingerprint density at radius 3 is 2.44 bits per heavy atom. The first-order valence-electron chi connectivity index (χ1n) is 10.2. The molecule has 2 amide bonds. The predicted octanol–water partition coefficient (Wildman–Crippen LogP) is 3.76. The average molecular weight is 482 g/mol. The number of hydrogen-bond donors (Lipinski definition) is 1. The molecule has 1 saturated heterocycles. The van der Waals surface area contributed by atoms with Gasteiger partial charge in [0.15, 0.2) is 6.10 Å². The van der Waals surface area contributed by atoms with Crippen LogP contribution in [0.25, 0.3) is 0 Å². The summed E-state index contributed by atoms with van der Waals surface area (Å²) in [7, 11) is 0. The van der Waals surface area contributed by atoms with Gasteiger partial charge in [0.05, 0.1) is 12.2 Å². The van der Waals surface area contributed by atoms with E-state index in [0.717, 1.165) is 30.0 Å². The van der Waals surface area contributed by atoms with E-state index in [2.05, 4.69) is 5.32 Å². The summed E-state index contributed by atoms with van der Waals surface area (Å²) in [5.74, 6) is -3.14. The van der Waals surface area contributed by atoms with Crippen LogP contribution in [0.2, 0.25) is 0 Å². The number of alkyl halides is 3. The Hall–Kier alpha value is -3.47. The van der Waals surface area contributed by atoms with Crippen LogP contribution in [0.4, 0.5) is 28.9 Å². The fraction of sp³-hybridized carbons (Fsp3) is 0.348. The first-order valence-corrected chi connectivity index (χ1v) is 10.2. The van der Waals surface area contributed by atoms with Crippen molar-refractivity contribution in [3.8, 4) is 0 Å². The Kier molecular flexibility index (Phi) is 7.25. The Morgan fingerprint density at radius 2 is 1.85 bits per heavy atom. The van der Waals surface area contributed by atoms with Crippen LogP contribution >= 0.6 is 0 Å². The molecule has 182 valence electrons. The van der Waals surface area contributed by atoms with Gasteiger partial charge in [-0.2, -0.15) is 13.2 Å². The average Bonchev–Trinajstić information content (AvgIpc) is 2.74. The van der Waals surface area contributed by atoms with E-state index >= 15 is 0 Å². The highest BCUT2D eigenvalue weighted by Gasteiger charge is 2.43. The van der Waals surface area contributed by atoms with Crippen molar-refractivity contribution in [2.75, 3.05) is 23.4 Å². The largest absolute Gasteiger partial charge is 0.449 e. The molecule has 7 nitrogen and oxygen atoms in total. The van der Waals surface area contributed by atoms with Crippen LogP contribution in [0.5, 0.6) is 0 Å². The van der Waals surface area contributed by atoms with Gasteiger partial charge in [0, 0.05) is 24.8 Å². The Morgan fingerprint density at radius 1 is 1.15 bits per heavy atom. The van der Waals surface area contributed by atoms with Gasteiger partial charge in [0.2, 0.25) is 6.10 Å². The van der Waals surface area contributed by atoms with E-state index in [0.29, 0.717) is 5.56 Å². The third kappa shape index (κ3) is 5.53. The van der Waals surface area contributed by atoms with Crippen molar-refractivity contribution in [3.63, 3.8) is 0 Å². The molecule has 2 atom stereocenters.